The maximum atomic E-state index is 4.78. The molecular formula is C6H18Cl4O2Ti2. The van der Waals surface area contributed by atoms with E-state index in [4.69, 9.17) is 3.32 Å². The van der Waals surface area contributed by atoms with Crippen LogP contribution in [-0.2, 0) is 48.3 Å². The van der Waals surface area contributed by atoms with Gasteiger partial charge in [-0.05, 0) is 0 Å². The molecule has 0 heterocycles. The minimum absolute atomic E-state index is 0. The second-order valence-corrected chi connectivity index (χ2v) is 2.54. The summed E-state index contributed by atoms with van der Waals surface area (Å²) in [5, 5.41) is 0. The molecule has 0 unspecified atom stereocenters. The Labute approximate surface area is 136 Å². The molecule has 8 heteroatoms. The number of unbranched alkanes of at least 4 members (excludes halogenated alkanes) is 1. The van der Waals surface area contributed by atoms with Gasteiger partial charge in [0.05, 0.1) is 0 Å². The van der Waals surface area contributed by atoms with E-state index in [0.717, 1.165) is 13.2 Å². The van der Waals surface area contributed by atoms with Gasteiger partial charge in [-0.3, -0.25) is 0 Å². The molecule has 0 atom stereocenters. The van der Waals surface area contributed by atoms with Crippen molar-refractivity contribution in [2.45, 2.75) is 26.7 Å². The van der Waals surface area contributed by atoms with Crippen LogP contribution < -0.4 is 0 Å². The molecule has 14 heavy (non-hydrogen) atoms. The van der Waals surface area contributed by atoms with Crippen molar-refractivity contribution >= 4 is 49.6 Å². The molecule has 2 nitrogen and oxygen atoms in total. The van der Waals surface area contributed by atoms with Gasteiger partial charge in [-0.25, -0.2) is 0 Å². The van der Waals surface area contributed by atoms with E-state index in [1.54, 1.807) is 41.6 Å². The van der Waals surface area contributed by atoms with Gasteiger partial charge in [0.15, 0.2) is 0 Å². The molecule has 0 aliphatic heterocycles. The summed E-state index contributed by atoms with van der Waals surface area (Å²) >= 11 is 3.41. The minimum atomic E-state index is 0. The van der Waals surface area contributed by atoms with Gasteiger partial charge in [-0.1, -0.05) is 0 Å². The van der Waals surface area contributed by atoms with E-state index in [1.165, 1.54) is 12.8 Å². The fourth-order valence-electron chi connectivity index (χ4n) is 0.217. The zero-order valence-electron chi connectivity index (χ0n) is 8.28. The summed E-state index contributed by atoms with van der Waals surface area (Å²) in [6.45, 7) is 5.84. The molecule has 0 N–H and O–H groups in total. The van der Waals surface area contributed by atoms with E-state index in [0.29, 0.717) is 0 Å². The first kappa shape index (κ1) is 36.0. The van der Waals surface area contributed by atoms with Crippen LogP contribution in [0.3, 0.4) is 0 Å². The Bertz CT molecular complexity index is 50.8. The Morgan fingerprint density at radius 2 is 1.21 bits per heavy atom. The smallest absolute Gasteiger partial charge is 0.147 e. The third-order valence-corrected chi connectivity index (χ3v) is 1.51. The van der Waals surface area contributed by atoms with E-state index in [-0.39, 0.29) is 49.6 Å². The average molecular weight is 360 g/mol. The molecule has 90 valence electrons. The normalized spacial score (nSPS) is 5.71. The van der Waals surface area contributed by atoms with Gasteiger partial charge in [0.2, 0.25) is 0 Å². The zero-order valence-corrected chi connectivity index (χ0v) is 14.7. The first-order chi connectivity index (χ1) is 4.83. The first-order valence-electron chi connectivity index (χ1n) is 3.40. The monoisotopic (exact) mass is 358 g/mol. The quantitative estimate of drug-likeness (QED) is 0.565. The molecule has 0 amide bonds. The molecule has 0 fully saturated rings. The van der Waals surface area contributed by atoms with Crippen LogP contribution in [-0.4, -0.2) is 13.2 Å². The molecule has 0 saturated heterocycles. The summed E-state index contributed by atoms with van der Waals surface area (Å²) < 4.78 is 9.32. The summed E-state index contributed by atoms with van der Waals surface area (Å²) in [6, 6.07) is 0. The van der Waals surface area contributed by atoms with Gasteiger partial charge in [0, 0.05) is 0 Å². The molecule has 0 rings (SSSR count). The van der Waals surface area contributed by atoms with E-state index in [2.05, 4.69) is 10.2 Å². The Balaban J connectivity index is -0.0000000185. The molecule has 0 aliphatic rings. The third kappa shape index (κ3) is 62.5. The summed E-state index contributed by atoms with van der Waals surface area (Å²) in [5.74, 6) is 0. The van der Waals surface area contributed by atoms with Crippen molar-refractivity contribution in [2.75, 3.05) is 13.2 Å². The van der Waals surface area contributed by atoms with Gasteiger partial charge in [0.25, 0.3) is 0 Å². The van der Waals surface area contributed by atoms with Gasteiger partial charge >= 0.3 is 88.2 Å². The standard InChI is InChI=1S/C4H9O.C2H5O.4ClH.2Ti/c1-2-3-4-5;1-2-3;;;;;;/h2-4H2,1H3;2H2,1H3;4*1H;;/q2*-1;;;;;2*+1. The Morgan fingerprint density at radius 1 is 0.857 bits per heavy atom. The van der Waals surface area contributed by atoms with Crippen LogP contribution in [0.1, 0.15) is 26.7 Å². The van der Waals surface area contributed by atoms with Gasteiger partial charge in [-0.2, -0.15) is 0 Å². The molecule has 0 aromatic carbocycles. The Morgan fingerprint density at radius 3 is 1.29 bits per heavy atom. The number of hydrogen-bond donors (Lipinski definition) is 0. The number of halogens is 4. The number of hydrogen-bond acceptors (Lipinski definition) is 2. The average Bonchev–Trinajstić information content (AvgIpc) is 2.01. The van der Waals surface area contributed by atoms with Crippen molar-refractivity contribution in [3.05, 3.63) is 0 Å². The van der Waals surface area contributed by atoms with Crippen molar-refractivity contribution < 1.29 is 48.3 Å². The fraction of sp³-hybridized carbons (Fsp3) is 1.00. The second-order valence-electron chi connectivity index (χ2n) is 1.64. The van der Waals surface area contributed by atoms with Crippen molar-refractivity contribution in [2.24, 2.45) is 0 Å². The predicted molar refractivity (Wildman–Crippen MR) is 61.5 cm³/mol. The van der Waals surface area contributed by atoms with Crippen molar-refractivity contribution in [3.63, 3.8) is 0 Å². The van der Waals surface area contributed by atoms with Crippen LogP contribution in [0.5, 0.6) is 0 Å². The Kier molecular flexibility index (Phi) is 116. The van der Waals surface area contributed by atoms with Crippen LogP contribution in [0, 0.1) is 0 Å². The van der Waals surface area contributed by atoms with Crippen molar-refractivity contribution in [1.29, 1.82) is 0 Å². The molecule has 0 aliphatic carbocycles. The van der Waals surface area contributed by atoms with E-state index < -0.39 is 0 Å². The van der Waals surface area contributed by atoms with Crippen molar-refractivity contribution in [1.82, 2.24) is 0 Å². The predicted octanol–water partition coefficient (Wildman–Crippen LogP) is 3.44. The first-order valence-corrected chi connectivity index (χ1v) is 4.67. The van der Waals surface area contributed by atoms with Gasteiger partial charge in [-0.15, -0.1) is 49.6 Å². The van der Waals surface area contributed by atoms with Crippen molar-refractivity contribution in [3.8, 4) is 0 Å². The fourth-order valence-corrected chi connectivity index (χ4v) is 0.442. The minimum Gasteiger partial charge on any atom is -0.147 e. The van der Waals surface area contributed by atoms with Gasteiger partial charge in [0.1, 0.15) is 0 Å². The molecule has 0 radical (unpaired) electrons. The maximum Gasteiger partial charge on any atom is -0.147 e. The summed E-state index contributed by atoms with van der Waals surface area (Å²) in [7, 11) is 0. The van der Waals surface area contributed by atoms with Crippen LogP contribution >= 0.6 is 49.6 Å². The molecule has 0 saturated carbocycles. The van der Waals surface area contributed by atoms with Crippen LogP contribution in [0.15, 0.2) is 0 Å². The Hall–Kier alpha value is 2.51. The second kappa shape index (κ2) is 45.1. The third-order valence-electron chi connectivity index (χ3n) is 0.744. The molecule has 0 aromatic heterocycles. The molecule has 0 spiro atoms. The van der Waals surface area contributed by atoms with E-state index in [9.17, 15) is 0 Å². The summed E-state index contributed by atoms with van der Waals surface area (Å²) in [6.07, 6.45) is 2.42. The molecule has 0 bridgehead atoms. The van der Waals surface area contributed by atoms with Crippen LogP contribution in [0.2, 0.25) is 0 Å². The van der Waals surface area contributed by atoms with E-state index >= 15 is 0 Å². The SMILES string of the molecule is CCCC[O][Ti].CC[O][Ti].Cl.Cl.Cl.Cl. The molecular weight excluding hydrogens is 342 g/mol. The topological polar surface area (TPSA) is 18.5 Å². The molecule has 0 aromatic rings. The maximum absolute atomic E-state index is 4.78. The summed E-state index contributed by atoms with van der Waals surface area (Å²) in [4.78, 5) is 0. The van der Waals surface area contributed by atoms with Crippen LogP contribution in [0.25, 0.3) is 0 Å². The largest absolute Gasteiger partial charge is 0.147 e. The van der Waals surface area contributed by atoms with Crippen LogP contribution in [0.4, 0.5) is 0 Å². The zero-order chi connectivity index (χ0) is 8.24. The van der Waals surface area contributed by atoms with E-state index in [1.807, 2.05) is 6.92 Å². The van der Waals surface area contributed by atoms with Gasteiger partial charge < -0.3 is 0 Å². The summed E-state index contributed by atoms with van der Waals surface area (Å²) in [5.41, 5.74) is 0. The number of rotatable bonds is 4.